The Bertz CT molecular complexity index is 2550. The highest BCUT2D eigenvalue weighted by Gasteiger charge is 2.57. The van der Waals surface area contributed by atoms with Gasteiger partial charge in [0, 0.05) is 94.1 Å². The lowest BCUT2D eigenvalue weighted by Crippen LogP contribution is -2.74. The van der Waals surface area contributed by atoms with Gasteiger partial charge in [0.15, 0.2) is 0 Å². The number of aliphatic carboxylic acids is 1. The molecule has 0 spiro atoms. The number of aromatic nitrogens is 2. The van der Waals surface area contributed by atoms with Gasteiger partial charge in [0.1, 0.15) is 24.5 Å². The zero-order chi connectivity index (χ0) is 50.8. The van der Waals surface area contributed by atoms with Crippen LogP contribution in [0.5, 0.6) is 0 Å². The van der Waals surface area contributed by atoms with Gasteiger partial charge in [0.05, 0.1) is 42.5 Å². The van der Waals surface area contributed by atoms with Crippen LogP contribution in [0.3, 0.4) is 0 Å². The highest BCUT2D eigenvalue weighted by atomic mass is 16.6. The number of carboxylic acids is 1. The van der Waals surface area contributed by atoms with Crippen LogP contribution < -0.4 is 15.1 Å². The second-order valence-corrected chi connectivity index (χ2v) is 21.0. The highest BCUT2D eigenvalue weighted by Crippen LogP contribution is 2.46. The number of aliphatic hydroxyl groups is 1. The Kier molecular flexibility index (Phi) is 15.5. The molecule has 5 fully saturated rings. The zero-order valence-corrected chi connectivity index (χ0v) is 42.6. The van der Waals surface area contributed by atoms with Crippen molar-refractivity contribution in [1.82, 2.24) is 29.8 Å². The monoisotopic (exact) mass is 981 g/mol. The number of methoxy groups -OCH3 is 1. The summed E-state index contributed by atoms with van der Waals surface area (Å²) in [4.78, 5) is 63.9. The Morgan fingerprint density at radius 1 is 0.944 bits per heavy atom. The molecule has 384 valence electrons. The van der Waals surface area contributed by atoms with Crippen LogP contribution in [0.1, 0.15) is 90.7 Å². The van der Waals surface area contributed by atoms with Crippen LogP contribution >= 0.6 is 0 Å². The van der Waals surface area contributed by atoms with E-state index >= 15 is 0 Å². The van der Waals surface area contributed by atoms with E-state index in [0.29, 0.717) is 71.7 Å². The molecule has 71 heavy (non-hydrogen) atoms. The number of fused-ring (bicyclic) bond motifs is 3. The number of hydrazine groups is 1. The molecule has 9 rings (SSSR count). The van der Waals surface area contributed by atoms with Crippen LogP contribution in [-0.2, 0) is 48.1 Å². The number of nitrogens with one attached hydrogen (secondary N) is 1. The molecule has 18 heteroatoms. The average Bonchev–Trinajstić information content (AvgIpc) is 3.65. The van der Waals surface area contributed by atoms with Gasteiger partial charge in [0.25, 0.3) is 0 Å². The fourth-order valence-corrected chi connectivity index (χ4v) is 10.5. The van der Waals surface area contributed by atoms with Crippen molar-refractivity contribution in [3.63, 3.8) is 0 Å². The summed E-state index contributed by atoms with van der Waals surface area (Å²) in [7, 11) is 1.68. The summed E-state index contributed by atoms with van der Waals surface area (Å²) in [5.41, 5.74) is 6.35. The number of rotatable bonds is 16. The number of aliphatic hydroxyl groups excluding tert-OH is 1. The van der Waals surface area contributed by atoms with Crippen LogP contribution in [0.15, 0.2) is 60.8 Å². The van der Waals surface area contributed by atoms with Crippen molar-refractivity contribution in [2.75, 3.05) is 75.9 Å². The van der Waals surface area contributed by atoms with E-state index in [-0.39, 0.29) is 56.2 Å². The number of amides is 3. The Labute approximate surface area is 416 Å². The maximum atomic E-state index is 14.0. The second-order valence-electron chi connectivity index (χ2n) is 21.0. The van der Waals surface area contributed by atoms with Gasteiger partial charge in [-0.2, -0.15) is 5.01 Å². The molecule has 1 saturated carbocycles. The largest absolute Gasteiger partial charge is 0.480 e. The number of morpholine rings is 1. The maximum absolute atomic E-state index is 14.0. The number of carbonyl (C=O) groups excluding carboxylic acids is 3. The van der Waals surface area contributed by atoms with E-state index in [0.717, 1.165) is 50.4 Å². The number of piperazine rings is 1. The Balaban J connectivity index is 1.09. The molecule has 4 saturated heterocycles. The number of benzene rings is 2. The molecule has 0 unspecified atom stereocenters. The second kappa shape index (κ2) is 21.4. The van der Waals surface area contributed by atoms with Crippen molar-refractivity contribution in [3.8, 4) is 11.3 Å². The molecular formula is C53H72N8O10. The average molecular weight is 981 g/mol. The summed E-state index contributed by atoms with van der Waals surface area (Å²) >= 11 is 0. The van der Waals surface area contributed by atoms with Gasteiger partial charge >= 0.3 is 18.2 Å². The van der Waals surface area contributed by atoms with Crippen LogP contribution in [0.2, 0.25) is 0 Å². The molecule has 2 aromatic carbocycles. The molecular weight excluding hydrogens is 909 g/mol. The van der Waals surface area contributed by atoms with Crippen molar-refractivity contribution in [2.24, 2.45) is 11.3 Å². The van der Waals surface area contributed by atoms with Crippen molar-refractivity contribution < 1.29 is 48.3 Å². The third-order valence-electron chi connectivity index (χ3n) is 14.3. The molecule has 6 heterocycles. The minimum atomic E-state index is -1.01. The van der Waals surface area contributed by atoms with Crippen molar-refractivity contribution in [3.05, 3.63) is 77.6 Å². The summed E-state index contributed by atoms with van der Waals surface area (Å²) < 4.78 is 25.7. The first-order chi connectivity index (χ1) is 33.9. The number of carbonyl (C=O) groups is 4. The summed E-state index contributed by atoms with van der Waals surface area (Å²) in [6.07, 6.45) is 1.52. The molecule has 0 radical (unpaired) electrons. The molecule has 1 aliphatic carbocycles. The molecule has 4 aromatic rings. The topological polar surface area (TPSA) is 192 Å². The first-order valence-electron chi connectivity index (χ1n) is 25.1. The zero-order valence-electron chi connectivity index (χ0n) is 42.6. The SMILES string of the molecule is CCn1c(-c2cc(N3CCN(C(=O)OCc4ccccc4)CC3)cnc2[C@H](C)OC)c(CC(C)(C)CO)c2cc(N3CCO[C@H](N4[C@H](C(=O)O)C5CC(C5)N4C(=O)CCNC(=O)OC(C)(C)C)C3)ccc21. The van der Waals surface area contributed by atoms with Gasteiger partial charge in [0.2, 0.25) is 5.91 Å². The van der Waals surface area contributed by atoms with E-state index < -0.39 is 35.3 Å². The van der Waals surface area contributed by atoms with E-state index in [1.807, 2.05) is 43.5 Å². The minimum Gasteiger partial charge on any atom is -0.480 e. The molecule has 3 amide bonds. The lowest BCUT2D eigenvalue weighted by molar-refractivity contribution is -0.261. The molecule has 3 N–H and O–H groups in total. The van der Waals surface area contributed by atoms with E-state index in [1.165, 1.54) is 0 Å². The number of alkyl carbamates (subject to hydrolysis) is 1. The fourth-order valence-electron chi connectivity index (χ4n) is 10.5. The van der Waals surface area contributed by atoms with Gasteiger partial charge in [-0.3, -0.25) is 19.6 Å². The Hall–Kier alpha value is -5.95. The number of pyridine rings is 1. The van der Waals surface area contributed by atoms with E-state index in [4.69, 9.17) is 23.9 Å². The number of ether oxygens (including phenoxy) is 4. The van der Waals surface area contributed by atoms with Crippen LogP contribution in [0.25, 0.3) is 22.2 Å². The van der Waals surface area contributed by atoms with Crippen LogP contribution in [0, 0.1) is 11.3 Å². The van der Waals surface area contributed by atoms with Gasteiger partial charge in [-0.05, 0) is 101 Å². The summed E-state index contributed by atoms with van der Waals surface area (Å²) in [5.74, 6) is -1.42. The first kappa shape index (κ1) is 51.4. The van der Waals surface area contributed by atoms with Crippen LogP contribution in [0.4, 0.5) is 21.0 Å². The minimum absolute atomic E-state index is 0.0357. The molecule has 5 aliphatic rings. The Morgan fingerprint density at radius 2 is 1.68 bits per heavy atom. The van der Waals surface area contributed by atoms with E-state index in [9.17, 15) is 29.4 Å². The van der Waals surface area contributed by atoms with Gasteiger partial charge in [-0.25, -0.2) is 9.59 Å². The highest BCUT2D eigenvalue weighted by molar-refractivity contribution is 5.95. The summed E-state index contributed by atoms with van der Waals surface area (Å²) in [6.45, 7) is 17.7. The molecule has 18 nitrogen and oxygen atoms in total. The Morgan fingerprint density at radius 3 is 2.34 bits per heavy atom. The molecule has 2 bridgehead atoms. The third kappa shape index (κ3) is 11.3. The first-order valence-corrected chi connectivity index (χ1v) is 25.1. The maximum Gasteiger partial charge on any atom is 0.410 e. The van der Waals surface area contributed by atoms with Crippen molar-refractivity contribution in [1.29, 1.82) is 0 Å². The predicted molar refractivity (Wildman–Crippen MR) is 269 cm³/mol. The van der Waals surface area contributed by atoms with Gasteiger partial charge in [-0.1, -0.05) is 44.2 Å². The summed E-state index contributed by atoms with van der Waals surface area (Å²) in [6, 6.07) is 17.1. The quantitative estimate of drug-likeness (QED) is 0.106. The summed E-state index contributed by atoms with van der Waals surface area (Å²) in [5, 5.41) is 28.3. The third-order valence-corrected chi connectivity index (χ3v) is 14.3. The molecule has 4 aliphatic heterocycles. The predicted octanol–water partition coefficient (Wildman–Crippen LogP) is 6.82. The van der Waals surface area contributed by atoms with E-state index in [1.54, 1.807) is 42.8 Å². The number of hydrogen-bond donors (Lipinski definition) is 3. The fraction of sp³-hybridized carbons (Fsp3) is 0.566. The van der Waals surface area contributed by atoms with Crippen molar-refractivity contribution in [2.45, 2.75) is 117 Å². The lowest BCUT2D eigenvalue weighted by atomic mass is 9.72. The lowest BCUT2D eigenvalue weighted by Gasteiger charge is -2.60. The van der Waals surface area contributed by atoms with E-state index in [2.05, 4.69) is 64.7 Å². The smallest absolute Gasteiger partial charge is 0.410 e. The standard InChI is InChI=1S/C53H72N8O10/c1-9-59-43-16-15-37(58-23-24-69-45(31-58)61-47(49(64)65)36-25-38(26-36)60(61)44(63)17-18-54-50(66)71-52(3,4)5)27-40(43)42(29-53(6,7)33-62)48(59)41-28-39(30-55-46(41)34(2)68-8)56-19-21-57(22-20-56)51(67)70-32-35-13-11-10-12-14-35/h10-16,27-28,30,34,36,38,45,47,62H,9,17-26,29,31-33H2,1-8H3,(H,54,66)(H,64,65)/t34-,36?,38?,45-,47-/m0/s1. The number of aryl methyl sites for hydroxylation is 1. The van der Waals surface area contributed by atoms with Crippen LogP contribution in [-0.4, -0.2) is 149 Å². The van der Waals surface area contributed by atoms with Gasteiger partial charge in [-0.15, -0.1) is 0 Å². The number of nitrogens with zero attached hydrogens (tertiary/aromatic N) is 7. The number of hydrogen-bond acceptors (Lipinski definition) is 13. The van der Waals surface area contributed by atoms with Gasteiger partial charge < -0.3 is 53.7 Å². The number of anilines is 2. The van der Waals surface area contributed by atoms with Crippen molar-refractivity contribution >= 4 is 46.3 Å². The molecule has 3 atom stereocenters. The normalized spacial score (nSPS) is 21.2. The molecule has 2 aromatic heterocycles. The number of carboxylic acid groups (broad SMARTS) is 1.